The maximum absolute atomic E-state index is 5.53. The van der Waals surface area contributed by atoms with Crippen molar-refractivity contribution in [1.82, 2.24) is 0 Å². The summed E-state index contributed by atoms with van der Waals surface area (Å²) in [4.78, 5) is 0. The summed E-state index contributed by atoms with van der Waals surface area (Å²) in [6, 6.07) is 6.13. The second kappa shape index (κ2) is 3.75. The Morgan fingerprint density at radius 3 is 2.36 bits per heavy atom. The largest absolute Gasteiger partial charge is 0.387 e. The first-order valence-corrected chi connectivity index (χ1v) is 4.78. The average Bonchev–Trinajstić information content (AvgIpc) is 2.15. The molecule has 0 heterocycles. The van der Waals surface area contributed by atoms with Crippen LogP contribution in [0, 0.1) is 12.3 Å². The molecule has 0 aromatic heterocycles. The first-order valence-electron chi connectivity index (χ1n) is 4.78. The number of nitrogens with one attached hydrogen (secondary N) is 1. The van der Waals surface area contributed by atoms with E-state index in [1.54, 1.807) is 0 Å². The van der Waals surface area contributed by atoms with E-state index in [0.29, 0.717) is 0 Å². The van der Waals surface area contributed by atoms with Crippen LogP contribution in [0.3, 0.4) is 0 Å². The van der Waals surface area contributed by atoms with Crippen LogP contribution in [0.4, 0.5) is 5.69 Å². The summed E-state index contributed by atoms with van der Waals surface area (Å²) in [6.07, 6.45) is 5.53. The van der Waals surface area contributed by atoms with Gasteiger partial charge in [-0.15, -0.1) is 6.42 Å². The Labute approximate surface area is 86.5 Å². The molecule has 1 rings (SSSR count). The van der Waals surface area contributed by atoms with Crippen molar-refractivity contribution in [1.29, 1.82) is 0 Å². The maximum Gasteiger partial charge on any atom is 0.0511 e. The van der Waals surface area contributed by atoms with E-state index in [-0.39, 0.29) is 5.41 Å². The van der Waals surface area contributed by atoms with E-state index >= 15 is 0 Å². The van der Waals surface area contributed by atoms with Crippen molar-refractivity contribution in [2.75, 3.05) is 12.4 Å². The zero-order valence-corrected chi connectivity index (χ0v) is 9.31. The van der Waals surface area contributed by atoms with Gasteiger partial charge < -0.3 is 5.32 Å². The third-order valence-electron chi connectivity index (χ3n) is 2.29. The van der Waals surface area contributed by atoms with Crippen LogP contribution in [0.2, 0.25) is 0 Å². The normalized spacial score (nSPS) is 10.8. The molecule has 0 aliphatic carbocycles. The van der Waals surface area contributed by atoms with Crippen LogP contribution in [0.1, 0.15) is 31.9 Å². The van der Waals surface area contributed by atoms with E-state index in [0.717, 1.165) is 11.3 Å². The highest BCUT2D eigenvalue weighted by Crippen LogP contribution is 2.29. The van der Waals surface area contributed by atoms with Gasteiger partial charge in [0.2, 0.25) is 0 Å². The van der Waals surface area contributed by atoms with Crippen molar-refractivity contribution < 1.29 is 0 Å². The second-order valence-electron chi connectivity index (χ2n) is 4.37. The smallest absolute Gasteiger partial charge is 0.0511 e. The second-order valence-corrected chi connectivity index (χ2v) is 4.37. The van der Waals surface area contributed by atoms with Crippen LogP contribution in [0.5, 0.6) is 0 Å². The molecule has 0 radical (unpaired) electrons. The van der Waals surface area contributed by atoms with E-state index in [9.17, 15) is 0 Å². The summed E-state index contributed by atoms with van der Waals surface area (Å²) in [5.74, 6) is 2.76. The van der Waals surface area contributed by atoms with E-state index in [1.807, 2.05) is 19.2 Å². The van der Waals surface area contributed by atoms with Crippen LogP contribution >= 0.6 is 0 Å². The zero-order valence-electron chi connectivity index (χ0n) is 9.31. The first-order chi connectivity index (χ1) is 6.50. The van der Waals surface area contributed by atoms with Gasteiger partial charge in [0.1, 0.15) is 0 Å². The topological polar surface area (TPSA) is 12.0 Å². The predicted octanol–water partition coefficient (Wildman–Crippen LogP) is 3.01. The minimum Gasteiger partial charge on any atom is -0.387 e. The standard InChI is InChI=1S/C13H17N/c1-6-10-11(13(2,3)4)8-7-9-12(10)14-5/h1,7-9,14H,2-5H3. The first kappa shape index (κ1) is 10.7. The van der Waals surface area contributed by atoms with Gasteiger partial charge in [0.05, 0.1) is 5.56 Å². The summed E-state index contributed by atoms with van der Waals surface area (Å²) >= 11 is 0. The molecule has 1 nitrogen and oxygen atoms in total. The van der Waals surface area contributed by atoms with Gasteiger partial charge in [-0.2, -0.15) is 0 Å². The Bertz CT molecular complexity index is 364. The van der Waals surface area contributed by atoms with Gasteiger partial charge in [-0.05, 0) is 17.0 Å². The lowest BCUT2D eigenvalue weighted by Crippen LogP contribution is -2.14. The molecule has 1 aromatic carbocycles. The Hall–Kier alpha value is -1.42. The molecule has 74 valence electrons. The molecule has 1 heteroatoms. The molecule has 0 saturated carbocycles. The molecule has 0 atom stereocenters. The average molecular weight is 187 g/mol. The Morgan fingerprint density at radius 1 is 1.29 bits per heavy atom. The third-order valence-corrected chi connectivity index (χ3v) is 2.29. The third kappa shape index (κ3) is 1.90. The number of hydrogen-bond acceptors (Lipinski definition) is 1. The molecular formula is C13H17N. The van der Waals surface area contributed by atoms with Crippen molar-refractivity contribution in [3.8, 4) is 12.3 Å². The number of hydrogen-bond donors (Lipinski definition) is 1. The quantitative estimate of drug-likeness (QED) is 0.666. The molecule has 0 spiro atoms. The number of anilines is 1. The van der Waals surface area contributed by atoms with E-state index in [2.05, 4.69) is 38.1 Å². The van der Waals surface area contributed by atoms with Crippen molar-refractivity contribution in [2.45, 2.75) is 26.2 Å². The van der Waals surface area contributed by atoms with E-state index in [1.165, 1.54) is 5.56 Å². The Kier molecular flexibility index (Phi) is 2.86. The van der Waals surface area contributed by atoms with Gasteiger partial charge in [0.15, 0.2) is 0 Å². The predicted molar refractivity (Wildman–Crippen MR) is 62.6 cm³/mol. The van der Waals surface area contributed by atoms with Gasteiger partial charge in [-0.25, -0.2) is 0 Å². The SMILES string of the molecule is C#Cc1c(NC)cccc1C(C)(C)C. The highest BCUT2D eigenvalue weighted by atomic mass is 14.8. The molecule has 0 unspecified atom stereocenters. The number of benzene rings is 1. The fourth-order valence-electron chi connectivity index (χ4n) is 1.54. The van der Waals surface area contributed by atoms with Crippen LogP contribution < -0.4 is 5.32 Å². The van der Waals surface area contributed by atoms with Gasteiger partial charge in [-0.3, -0.25) is 0 Å². The van der Waals surface area contributed by atoms with Crippen LogP contribution in [0.25, 0.3) is 0 Å². The highest BCUT2D eigenvalue weighted by molar-refractivity contribution is 5.63. The van der Waals surface area contributed by atoms with Crippen molar-refractivity contribution >= 4 is 5.69 Å². The lowest BCUT2D eigenvalue weighted by Gasteiger charge is -2.22. The molecule has 14 heavy (non-hydrogen) atoms. The summed E-state index contributed by atoms with van der Waals surface area (Å²) in [7, 11) is 1.89. The fourth-order valence-corrected chi connectivity index (χ4v) is 1.54. The molecule has 1 N–H and O–H groups in total. The molecular weight excluding hydrogens is 170 g/mol. The Morgan fingerprint density at radius 2 is 1.93 bits per heavy atom. The monoisotopic (exact) mass is 187 g/mol. The minimum absolute atomic E-state index is 0.0918. The molecule has 0 aliphatic rings. The van der Waals surface area contributed by atoms with Gasteiger partial charge in [0.25, 0.3) is 0 Å². The summed E-state index contributed by atoms with van der Waals surface area (Å²) < 4.78 is 0. The zero-order chi connectivity index (χ0) is 10.8. The van der Waals surface area contributed by atoms with E-state index in [4.69, 9.17) is 6.42 Å². The minimum atomic E-state index is 0.0918. The summed E-state index contributed by atoms with van der Waals surface area (Å²) in [5, 5.41) is 3.12. The molecule has 0 fully saturated rings. The van der Waals surface area contributed by atoms with E-state index < -0.39 is 0 Å². The molecule has 1 aromatic rings. The molecule has 0 bridgehead atoms. The molecule has 0 aliphatic heterocycles. The van der Waals surface area contributed by atoms with Crippen LogP contribution in [-0.4, -0.2) is 7.05 Å². The summed E-state index contributed by atoms with van der Waals surface area (Å²) in [6.45, 7) is 6.51. The number of rotatable bonds is 1. The Balaban J connectivity index is 3.39. The van der Waals surface area contributed by atoms with Gasteiger partial charge >= 0.3 is 0 Å². The maximum atomic E-state index is 5.53. The lowest BCUT2D eigenvalue weighted by molar-refractivity contribution is 0.589. The van der Waals surface area contributed by atoms with Gasteiger partial charge in [0, 0.05) is 12.7 Å². The van der Waals surface area contributed by atoms with Gasteiger partial charge in [-0.1, -0.05) is 38.8 Å². The van der Waals surface area contributed by atoms with Crippen molar-refractivity contribution in [2.24, 2.45) is 0 Å². The van der Waals surface area contributed by atoms with Crippen molar-refractivity contribution in [3.63, 3.8) is 0 Å². The number of terminal acetylenes is 1. The van der Waals surface area contributed by atoms with Crippen LogP contribution in [-0.2, 0) is 5.41 Å². The fraction of sp³-hybridized carbons (Fsp3) is 0.385. The summed E-state index contributed by atoms with van der Waals surface area (Å²) in [5.41, 5.74) is 3.31. The van der Waals surface area contributed by atoms with Crippen LogP contribution in [0.15, 0.2) is 18.2 Å². The highest BCUT2D eigenvalue weighted by Gasteiger charge is 2.18. The van der Waals surface area contributed by atoms with Crippen molar-refractivity contribution in [3.05, 3.63) is 29.3 Å². The molecule has 0 saturated heterocycles. The molecule has 0 amide bonds. The lowest BCUT2D eigenvalue weighted by atomic mass is 9.83.